The van der Waals surface area contributed by atoms with Crippen LogP contribution in [-0.2, 0) is 28.2 Å². The molecular formula is C122H96N8O4S4+4. The van der Waals surface area contributed by atoms with Crippen LogP contribution >= 0.6 is 45.3 Å². The van der Waals surface area contributed by atoms with E-state index in [0.29, 0.717) is 0 Å². The number of para-hydroxylation sites is 14. The Hall–Kier alpha value is -15.6. The molecule has 138 heavy (non-hydrogen) atoms. The Morgan fingerprint density at radius 1 is 0.225 bits per heavy atom. The van der Waals surface area contributed by atoms with Crippen LogP contribution in [0.15, 0.2) is 345 Å². The average Bonchev–Trinajstić information content (AvgIpc) is 1.56. The summed E-state index contributed by atoms with van der Waals surface area (Å²) in [5.74, 6) is 4.67. The summed E-state index contributed by atoms with van der Waals surface area (Å²) < 4.78 is 52.8. The maximum Gasteiger partial charge on any atom is 0.298 e. The Balaban J connectivity index is 0.0000000975. The molecule has 12 nitrogen and oxygen atoms in total. The van der Waals surface area contributed by atoms with Crippen LogP contribution in [0.1, 0.15) is 55.6 Å². The first-order chi connectivity index (χ1) is 67.3. The van der Waals surface area contributed by atoms with Gasteiger partial charge >= 0.3 is 0 Å². The first-order valence-electron chi connectivity index (χ1n) is 46.9. The van der Waals surface area contributed by atoms with Crippen molar-refractivity contribution < 1.29 is 35.9 Å². The maximum atomic E-state index is 6.62. The van der Waals surface area contributed by atoms with Crippen LogP contribution in [0.3, 0.4) is 0 Å². The molecule has 0 N–H and O–H groups in total. The van der Waals surface area contributed by atoms with Gasteiger partial charge in [-0.2, -0.15) is 18.3 Å². The zero-order valence-corrected chi connectivity index (χ0v) is 82.3. The van der Waals surface area contributed by atoms with Crippen LogP contribution in [-0.4, -0.2) is 18.3 Å². The molecule has 0 saturated heterocycles. The van der Waals surface area contributed by atoms with Crippen LogP contribution in [0.2, 0.25) is 0 Å². The Labute approximate surface area is 811 Å². The van der Waals surface area contributed by atoms with Crippen molar-refractivity contribution in [1.82, 2.24) is 18.3 Å². The van der Waals surface area contributed by atoms with Crippen molar-refractivity contribution >= 4 is 215 Å². The molecule has 0 aliphatic carbocycles. The summed E-state index contributed by atoms with van der Waals surface area (Å²) in [6.07, 6.45) is 0. The fourth-order valence-corrected chi connectivity index (χ4v) is 27.3. The van der Waals surface area contributed by atoms with E-state index < -0.39 is 0 Å². The molecule has 0 amide bonds. The van der Waals surface area contributed by atoms with Gasteiger partial charge in [0, 0.05) is 46.4 Å². The quantitative estimate of drug-likeness (QED) is 0.142. The van der Waals surface area contributed by atoms with E-state index in [1.807, 2.05) is 81.7 Å². The van der Waals surface area contributed by atoms with Crippen molar-refractivity contribution in [1.29, 1.82) is 0 Å². The highest BCUT2D eigenvalue weighted by atomic mass is 32.2. The minimum absolute atomic E-state index is 0.804. The van der Waals surface area contributed by atoms with E-state index in [-0.39, 0.29) is 0 Å². The van der Waals surface area contributed by atoms with E-state index in [2.05, 4.69) is 425 Å². The van der Waals surface area contributed by atoms with Gasteiger partial charge in [-0.1, -0.05) is 200 Å². The van der Waals surface area contributed by atoms with Gasteiger partial charge in [0.05, 0.1) is 79.2 Å². The van der Waals surface area contributed by atoms with Gasteiger partial charge in [-0.05, 0) is 252 Å². The van der Waals surface area contributed by atoms with Crippen LogP contribution in [0.5, 0.6) is 0 Å². The molecular weight excluding hydrogens is 1770 g/mol. The number of aromatic nitrogens is 8. The summed E-state index contributed by atoms with van der Waals surface area (Å²) in [6, 6.07) is 117. The van der Waals surface area contributed by atoms with Gasteiger partial charge in [-0.15, -0.1) is 45.3 Å². The first kappa shape index (κ1) is 84.2. The summed E-state index contributed by atoms with van der Waals surface area (Å²) in [4.78, 5) is 0. The van der Waals surface area contributed by atoms with Crippen LogP contribution in [0, 0.1) is 69.2 Å². The number of fused-ring (bicyclic) bond motifs is 24. The zero-order chi connectivity index (χ0) is 93.6. The van der Waals surface area contributed by atoms with Crippen molar-refractivity contribution in [2.75, 3.05) is 0 Å². The monoisotopic (exact) mass is 1860 g/mol. The molecule has 0 aliphatic heterocycles. The average molecular weight is 1870 g/mol. The standard InChI is InChI=1S/C31H25N2O2.C31H25N2S2.C30H23N2O2.C30H23N2S2/c1-18-10-9-11-19(2)28(18)33-25-14-7-6-13-24(25)32(4)31(33)22-17-27-23(16-20(22)3)30-29(35-27)21-12-5-8-15-26(21)34-30;1-18-10-9-11-19(2)29(18)33-25-14-7-6-13-24(25)32(4)30(33)22-17-27-23(16-20(22)3)28-21-12-5-8-15-26(21)34-31(28)35-27;1-18-10-4-6-12-22(18)32-24-14-8-7-13-23(24)31(3)30(32)26-19(2)16-17-21-27(26)34-28-20-11-5-9-15-25(20)33-29(21)28;1-18-10-4-6-12-22(18)32-24-14-8-7-13-23(24)31(3)29(32)26-19(2)16-17-21-27-20-11-5-9-15-25(20)33-30(27)34-28(21)26/h2*5-17H,1-4H3;2*4-17H,1-3H3/q4*+1. The molecule has 668 valence electrons. The Bertz CT molecular complexity index is 9630. The Morgan fingerprint density at radius 3 is 1.09 bits per heavy atom. The lowest BCUT2D eigenvalue weighted by atomic mass is 10.0. The lowest BCUT2D eigenvalue weighted by Crippen LogP contribution is -2.30. The molecule has 16 heteroatoms. The number of nitrogens with zero attached hydrogens (tertiary/aromatic N) is 8. The molecule has 0 saturated carbocycles. The van der Waals surface area contributed by atoms with Gasteiger partial charge in [0.2, 0.25) is 0 Å². The van der Waals surface area contributed by atoms with Crippen molar-refractivity contribution in [3.8, 4) is 68.3 Å². The fraction of sp³-hybridized carbons (Fsp3) is 0.115. The molecule has 0 radical (unpaired) electrons. The molecule has 28 rings (SSSR count). The van der Waals surface area contributed by atoms with E-state index in [4.69, 9.17) is 17.7 Å². The number of aryl methyl sites for hydroxylation is 14. The third kappa shape index (κ3) is 12.9. The number of hydrogen-bond donors (Lipinski definition) is 0. The molecule has 0 spiro atoms. The van der Waals surface area contributed by atoms with E-state index >= 15 is 0 Å². The third-order valence-corrected chi connectivity index (χ3v) is 33.4. The van der Waals surface area contributed by atoms with Crippen LogP contribution in [0.4, 0.5) is 0 Å². The normalized spacial score (nSPS) is 12.0. The summed E-state index contributed by atoms with van der Waals surface area (Å²) in [5, 5.41) is 12.3. The molecule has 0 aliphatic rings. The highest BCUT2D eigenvalue weighted by Gasteiger charge is 2.37. The first-order valence-corrected chi connectivity index (χ1v) is 50.2. The number of thiophene rings is 4. The number of furan rings is 4. The van der Waals surface area contributed by atoms with Crippen molar-refractivity contribution in [2.45, 2.75) is 69.2 Å². The molecule has 0 unspecified atom stereocenters. The van der Waals surface area contributed by atoms with Gasteiger partial charge < -0.3 is 17.7 Å². The lowest BCUT2D eigenvalue weighted by molar-refractivity contribution is -0.634. The fourth-order valence-electron chi connectivity index (χ4n) is 21.9. The number of imidazole rings is 4. The van der Waals surface area contributed by atoms with Gasteiger partial charge in [-0.25, -0.2) is 18.3 Å². The van der Waals surface area contributed by atoms with Crippen molar-refractivity contribution in [3.63, 3.8) is 0 Å². The molecule has 28 aromatic rings. The second-order valence-electron chi connectivity index (χ2n) is 36.9. The summed E-state index contributed by atoms with van der Waals surface area (Å²) in [6.45, 7) is 22.0. The number of hydrogen-bond acceptors (Lipinski definition) is 8. The molecule has 12 aromatic heterocycles. The van der Waals surface area contributed by atoms with Gasteiger partial charge in [0.15, 0.2) is 72.0 Å². The van der Waals surface area contributed by atoms with Crippen LogP contribution < -0.4 is 18.3 Å². The van der Waals surface area contributed by atoms with E-state index in [9.17, 15) is 0 Å². The summed E-state index contributed by atoms with van der Waals surface area (Å²) in [5.41, 5.74) is 38.5. The van der Waals surface area contributed by atoms with Gasteiger partial charge in [-0.3, -0.25) is 0 Å². The smallest absolute Gasteiger partial charge is 0.298 e. The molecule has 0 fully saturated rings. The number of rotatable bonds is 8. The Morgan fingerprint density at radius 2 is 0.580 bits per heavy atom. The highest BCUT2D eigenvalue weighted by molar-refractivity contribution is 7.45. The lowest BCUT2D eigenvalue weighted by Gasteiger charge is -2.11. The van der Waals surface area contributed by atoms with Crippen molar-refractivity contribution in [2.24, 2.45) is 28.2 Å². The van der Waals surface area contributed by atoms with E-state index in [1.165, 1.54) is 182 Å². The second-order valence-corrected chi connectivity index (χ2v) is 41.6. The predicted molar refractivity (Wildman–Crippen MR) is 578 cm³/mol. The molecule has 0 bridgehead atoms. The molecule has 0 atom stereocenters. The number of benzene rings is 16. The highest BCUT2D eigenvalue weighted by Crippen LogP contribution is 2.52. The van der Waals surface area contributed by atoms with Crippen LogP contribution in [0.25, 0.3) is 238 Å². The summed E-state index contributed by atoms with van der Waals surface area (Å²) in [7, 11) is 8.68. The second kappa shape index (κ2) is 32.6. The van der Waals surface area contributed by atoms with E-state index in [0.717, 1.165) is 111 Å². The largest absolute Gasteiger partial charge is 0.452 e. The molecule has 12 heterocycles. The molecule has 16 aromatic carbocycles. The zero-order valence-electron chi connectivity index (χ0n) is 79.0. The maximum absolute atomic E-state index is 6.62. The Kier molecular flexibility index (Phi) is 19.9. The van der Waals surface area contributed by atoms with Gasteiger partial charge in [0.25, 0.3) is 23.3 Å². The third-order valence-electron chi connectivity index (χ3n) is 28.5. The SMILES string of the molecule is Cc1cc2c(cc1-c1n(-c3c(C)cccc3C)c3ccccc3[n+]1C)oc1c3ccccc3oc21.Cc1cc2c(cc1-c1n(-c3c(C)cccc3C)c3ccccc3[n+]1C)sc1sc3ccccc3c12.Cc1ccccc1-n1c(-c2c(C)ccc3c2oc2c4ccccc4oc32)[n+](C)c2ccccc21.Cc1ccccc1-n1c(-c2c(C)ccc3c2sc2sc4ccccc4c23)[n+](C)c2ccccc21. The van der Waals surface area contributed by atoms with Crippen molar-refractivity contribution in [3.05, 3.63) is 383 Å². The minimum Gasteiger partial charge on any atom is -0.452 e. The van der Waals surface area contributed by atoms with E-state index in [1.54, 1.807) is 0 Å². The topological polar surface area (TPSA) is 87.8 Å². The van der Waals surface area contributed by atoms with Gasteiger partial charge in [0.1, 0.15) is 45.1 Å². The summed E-state index contributed by atoms with van der Waals surface area (Å²) >= 11 is 7.70. The predicted octanol–water partition coefficient (Wildman–Crippen LogP) is 32.0. The minimum atomic E-state index is 0.804.